The lowest BCUT2D eigenvalue weighted by Crippen LogP contribution is -2.46. The number of benzene rings is 1. The fourth-order valence-corrected chi connectivity index (χ4v) is 1.98. The second-order valence-electron chi connectivity index (χ2n) is 4.22. The largest absolute Gasteiger partial charge is 0.503 e. The van der Waals surface area contributed by atoms with Gasteiger partial charge in [-0.15, -0.1) is 0 Å². The molecular weight excluding hydrogens is 230 g/mol. The predicted octanol–water partition coefficient (Wildman–Crippen LogP) is 3.29. The van der Waals surface area contributed by atoms with Gasteiger partial charge in [-0.1, -0.05) is 30.3 Å². The van der Waals surface area contributed by atoms with Crippen LogP contribution in [0.15, 0.2) is 30.3 Å². The Morgan fingerprint density at radius 3 is 1.72 bits per heavy atom. The lowest BCUT2D eigenvalue weighted by Gasteiger charge is -2.35. The molecule has 1 rings (SSSR count). The van der Waals surface area contributed by atoms with Crippen LogP contribution < -0.4 is 0 Å². The summed E-state index contributed by atoms with van der Waals surface area (Å²) in [5.41, 5.74) is 1.46. The summed E-state index contributed by atoms with van der Waals surface area (Å²) in [4.78, 5) is 8.56. The lowest BCUT2D eigenvalue weighted by atomic mass is 10.2. The SMILES string of the molecule is CC[N+](CC)(CC)Cc1ccccc1.O=C(O)O. The smallest absolute Gasteiger partial charge is 0.450 e. The molecule has 0 aliphatic heterocycles. The average molecular weight is 254 g/mol. The van der Waals surface area contributed by atoms with Gasteiger partial charge in [0.15, 0.2) is 0 Å². The van der Waals surface area contributed by atoms with Gasteiger partial charge in [-0.25, -0.2) is 4.79 Å². The zero-order chi connectivity index (χ0) is 14.0. The molecule has 2 N–H and O–H groups in total. The molecule has 1 aromatic carbocycles. The van der Waals surface area contributed by atoms with E-state index >= 15 is 0 Å². The van der Waals surface area contributed by atoms with Crippen molar-refractivity contribution in [1.82, 2.24) is 0 Å². The minimum atomic E-state index is -1.83. The molecule has 0 aromatic heterocycles. The monoisotopic (exact) mass is 254 g/mol. The first-order chi connectivity index (χ1) is 8.49. The van der Waals surface area contributed by atoms with Crippen molar-refractivity contribution in [2.75, 3.05) is 19.6 Å². The quantitative estimate of drug-likeness (QED) is 0.793. The third kappa shape index (κ3) is 6.25. The molecule has 102 valence electrons. The highest BCUT2D eigenvalue weighted by Gasteiger charge is 2.20. The van der Waals surface area contributed by atoms with Gasteiger partial charge in [0.25, 0.3) is 0 Å². The van der Waals surface area contributed by atoms with E-state index in [-0.39, 0.29) is 0 Å². The molecule has 0 spiro atoms. The first-order valence-electron chi connectivity index (χ1n) is 6.30. The summed E-state index contributed by atoms with van der Waals surface area (Å²) in [6.07, 6.45) is -1.83. The predicted molar refractivity (Wildman–Crippen MR) is 72.7 cm³/mol. The van der Waals surface area contributed by atoms with Crippen molar-refractivity contribution in [3.8, 4) is 0 Å². The Labute approximate surface area is 109 Å². The second-order valence-corrected chi connectivity index (χ2v) is 4.22. The normalized spacial score (nSPS) is 10.4. The van der Waals surface area contributed by atoms with Crippen LogP contribution in [0.25, 0.3) is 0 Å². The number of rotatable bonds is 5. The minimum Gasteiger partial charge on any atom is -0.450 e. The van der Waals surface area contributed by atoms with Gasteiger partial charge >= 0.3 is 6.16 Å². The molecule has 4 heteroatoms. The van der Waals surface area contributed by atoms with Gasteiger partial charge in [0, 0.05) is 5.56 Å². The molecule has 0 aliphatic carbocycles. The van der Waals surface area contributed by atoms with Crippen LogP contribution in [-0.2, 0) is 6.54 Å². The summed E-state index contributed by atoms with van der Waals surface area (Å²) in [6, 6.07) is 10.8. The Balaban J connectivity index is 0.000000631. The molecule has 0 bridgehead atoms. The Kier molecular flexibility index (Phi) is 7.79. The zero-order valence-electron chi connectivity index (χ0n) is 11.5. The van der Waals surface area contributed by atoms with Crippen molar-refractivity contribution in [2.45, 2.75) is 27.3 Å². The van der Waals surface area contributed by atoms with E-state index in [2.05, 4.69) is 51.1 Å². The van der Waals surface area contributed by atoms with Crippen LogP contribution in [-0.4, -0.2) is 40.5 Å². The highest BCUT2D eigenvalue weighted by molar-refractivity contribution is 5.53. The Morgan fingerprint density at radius 1 is 1.00 bits per heavy atom. The summed E-state index contributed by atoms with van der Waals surface area (Å²) in [5.74, 6) is 0. The minimum absolute atomic E-state index is 1.17. The summed E-state index contributed by atoms with van der Waals surface area (Å²) >= 11 is 0. The van der Waals surface area contributed by atoms with Gasteiger partial charge in [-0.3, -0.25) is 0 Å². The first kappa shape index (κ1) is 16.4. The van der Waals surface area contributed by atoms with Crippen molar-refractivity contribution >= 4 is 6.16 Å². The van der Waals surface area contributed by atoms with Gasteiger partial charge in [0.05, 0.1) is 19.6 Å². The molecule has 0 saturated carbocycles. The van der Waals surface area contributed by atoms with Crippen LogP contribution >= 0.6 is 0 Å². The number of hydrogen-bond acceptors (Lipinski definition) is 1. The standard InChI is InChI=1S/C13H22N.CH2O3/c1-4-14(5-2,6-3)12-13-10-8-7-9-11-13;2-1(3)4/h7-11H,4-6,12H2,1-3H3;(H2,2,3,4)/q+1;. The van der Waals surface area contributed by atoms with Gasteiger partial charge in [-0.2, -0.15) is 0 Å². The Bertz CT molecular complexity index is 322. The molecule has 0 heterocycles. The van der Waals surface area contributed by atoms with Crippen molar-refractivity contribution in [3.05, 3.63) is 35.9 Å². The van der Waals surface area contributed by atoms with Crippen molar-refractivity contribution in [1.29, 1.82) is 0 Å². The van der Waals surface area contributed by atoms with Crippen LogP contribution in [0, 0.1) is 0 Å². The molecule has 1 aromatic rings. The number of carbonyl (C=O) groups is 1. The van der Waals surface area contributed by atoms with Crippen LogP contribution in [0.3, 0.4) is 0 Å². The van der Waals surface area contributed by atoms with Gasteiger partial charge in [0.1, 0.15) is 6.54 Å². The van der Waals surface area contributed by atoms with E-state index in [1.165, 1.54) is 36.2 Å². The summed E-state index contributed by atoms with van der Waals surface area (Å²) in [5, 5.41) is 13.9. The maximum Gasteiger partial charge on any atom is 0.503 e. The first-order valence-corrected chi connectivity index (χ1v) is 6.30. The molecule has 0 saturated heterocycles. The van der Waals surface area contributed by atoms with E-state index in [0.29, 0.717) is 0 Å². The summed E-state index contributed by atoms with van der Waals surface area (Å²) in [6.45, 7) is 11.7. The van der Waals surface area contributed by atoms with E-state index in [1.807, 2.05) is 0 Å². The molecular formula is C14H24NO3+. The Hall–Kier alpha value is -1.55. The van der Waals surface area contributed by atoms with Crippen molar-refractivity contribution < 1.29 is 19.5 Å². The van der Waals surface area contributed by atoms with Crippen molar-refractivity contribution in [2.24, 2.45) is 0 Å². The Morgan fingerprint density at radius 2 is 1.39 bits per heavy atom. The van der Waals surface area contributed by atoms with Crippen LogP contribution in [0.2, 0.25) is 0 Å². The zero-order valence-corrected chi connectivity index (χ0v) is 11.5. The topological polar surface area (TPSA) is 57.5 Å². The molecule has 0 unspecified atom stereocenters. The fourth-order valence-electron chi connectivity index (χ4n) is 1.98. The van der Waals surface area contributed by atoms with Crippen LogP contribution in [0.5, 0.6) is 0 Å². The van der Waals surface area contributed by atoms with Gasteiger partial charge in [0.2, 0.25) is 0 Å². The molecule has 18 heavy (non-hydrogen) atoms. The number of carboxylic acid groups (broad SMARTS) is 2. The maximum atomic E-state index is 8.56. The molecule has 0 fully saturated rings. The molecule has 0 atom stereocenters. The molecule has 4 nitrogen and oxygen atoms in total. The van der Waals surface area contributed by atoms with E-state index in [0.717, 1.165) is 0 Å². The lowest BCUT2D eigenvalue weighted by molar-refractivity contribution is -0.936. The van der Waals surface area contributed by atoms with Gasteiger partial charge in [-0.05, 0) is 20.8 Å². The van der Waals surface area contributed by atoms with E-state index in [9.17, 15) is 0 Å². The van der Waals surface area contributed by atoms with Crippen LogP contribution in [0.1, 0.15) is 26.3 Å². The summed E-state index contributed by atoms with van der Waals surface area (Å²) in [7, 11) is 0. The number of hydrogen-bond donors (Lipinski definition) is 2. The average Bonchev–Trinajstić information content (AvgIpc) is 2.37. The van der Waals surface area contributed by atoms with Crippen molar-refractivity contribution in [3.63, 3.8) is 0 Å². The molecule has 0 aliphatic rings. The maximum absolute atomic E-state index is 8.56. The van der Waals surface area contributed by atoms with Crippen LogP contribution in [0.4, 0.5) is 4.79 Å². The van der Waals surface area contributed by atoms with E-state index < -0.39 is 6.16 Å². The molecule has 0 radical (unpaired) electrons. The molecule has 0 amide bonds. The van der Waals surface area contributed by atoms with E-state index in [1.54, 1.807) is 0 Å². The second kappa shape index (κ2) is 8.53. The number of quaternary nitrogens is 1. The fraction of sp³-hybridized carbons (Fsp3) is 0.500. The van der Waals surface area contributed by atoms with E-state index in [4.69, 9.17) is 15.0 Å². The third-order valence-electron chi connectivity index (χ3n) is 3.37. The van der Waals surface area contributed by atoms with Gasteiger partial charge < -0.3 is 14.7 Å². The summed E-state index contributed by atoms with van der Waals surface area (Å²) < 4.78 is 1.20. The number of nitrogens with zero attached hydrogens (tertiary/aromatic N) is 1. The highest BCUT2D eigenvalue weighted by atomic mass is 16.6. The third-order valence-corrected chi connectivity index (χ3v) is 3.37. The highest BCUT2D eigenvalue weighted by Crippen LogP contribution is 2.13.